The standard InChI is InChI=1S/C14H13N3O3/c15-8-11-9-17(14(20)16-13(11)19)12-5-1-3-10(7-12)4-2-6-18/h1,3,5,7,9,18H,2,4,6H2,(H,16,19,20). The van der Waals surface area contributed by atoms with Gasteiger partial charge in [-0.25, -0.2) is 4.79 Å². The number of nitrogens with zero attached hydrogens (tertiary/aromatic N) is 2. The first-order valence-electron chi connectivity index (χ1n) is 6.12. The maximum absolute atomic E-state index is 11.8. The fraction of sp³-hybridized carbons (Fsp3) is 0.214. The molecule has 0 unspecified atom stereocenters. The topological polar surface area (TPSA) is 98.9 Å². The van der Waals surface area contributed by atoms with Crippen LogP contribution in [-0.2, 0) is 6.42 Å². The first-order chi connectivity index (χ1) is 9.65. The summed E-state index contributed by atoms with van der Waals surface area (Å²) in [7, 11) is 0. The number of hydrogen-bond donors (Lipinski definition) is 2. The van der Waals surface area contributed by atoms with Gasteiger partial charge in [0.2, 0.25) is 0 Å². The van der Waals surface area contributed by atoms with Crippen LogP contribution in [0.5, 0.6) is 0 Å². The summed E-state index contributed by atoms with van der Waals surface area (Å²) in [5, 5.41) is 17.7. The number of rotatable bonds is 4. The molecule has 0 bridgehead atoms. The zero-order valence-electron chi connectivity index (χ0n) is 10.7. The summed E-state index contributed by atoms with van der Waals surface area (Å²) < 4.78 is 1.22. The summed E-state index contributed by atoms with van der Waals surface area (Å²) >= 11 is 0. The van der Waals surface area contributed by atoms with Crippen LogP contribution in [0.4, 0.5) is 0 Å². The number of benzene rings is 1. The molecular weight excluding hydrogens is 258 g/mol. The fourth-order valence-corrected chi connectivity index (χ4v) is 1.89. The Kier molecular flexibility index (Phi) is 4.13. The van der Waals surface area contributed by atoms with E-state index in [0.29, 0.717) is 18.5 Å². The van der Waals surface area contributed by atoms with Gasteiger partial charge in [0.15, 0.2) is 0 Å². The van der Waals surface area contributed by atoms with Crippen molar-refractivity contribution in [2.75, 3.05) is 6.61 Å². The normalized spacial score (nSPS) is 10.2. The highest BCUT2D eigenvalue weighted by Crippen LogP contribution is 2.10. The molecule has 102 valence electrons. The van der Waals surface area contributed by atoms with Gasteiger partial charge in [-0.2, -0.15) is 5.26 Å². The molecule has 0 aliphatic heterocycles. The van der Waals surface area contributed by atoms with Crippen molar-refractivity contribution in [1.29, 1.82) is 5.26 Å². The van der Waals surface area contributed by atoms with Crippen LogP contribution in [0.3, 0.4) is 0 Å². The van der Waals surface area contributed by atoms with Crippen molar-refractivity contribution in [3.63, 3.8) is 0 Å². The first kappa shape index (κ1) is 13.8. The number of H-pyrrole nitrogens is 1. The van der Waals surface area contributed by atoms with Gasteiger partial charge in [0, 0.05) is 12.8 Å². The summed E-state index contributed by atoms with van der Waals surface area (Å²) in [5.41, 5.74) is 0.134. The molecule has 6 nitrogen and oxygen atoms in total. The quantitative estimate of drug-likeness (QED) is 0.836. The van der Waals surface area contributed by atoms with E-state index in [-0.39, 0.29) is 12.2 Å². The van der Waals surface area contributed by atoms with Gasteiger partial charge in [-0.3, -0.25) is 14.3 Å². The van der Waals surface area contributed by atoms with Gasteiger partial charge < -0.3 is 5.11 Å². The van der Waals surface area contributed by atoms with Crippen molar-refractivity contribution in [2.45, 2.75) is 12.8 Å². The third-order valence-corrected chi connectivity index (χ3v) is 2.87. The third kappa shape index (κ3) is 2.84. The Morgan fingerprint density at radius 1 is 1.35 bits per heavy atom. The van der Waals surface area contributed by atoms with Gasteiger partial charge in [-0.1, -0.05) is 12.1 Å². The molecule has 0 fully saturated rings. The van der Waals surface area contributed by atoms with Crippen LogP contribution in [0.2, 0.25) is 0 Å². The molecule has 0 radical (unpaired) electrons. The van der Waals surface area contributed by atoms with Crippen molar-refractivity contribution >= 4 is 0 Å². The van der Waals surface area contributed by atoms with Gasteiger partial charge in [-0.05, 0) is 30.5 Å². The van der Waals surface area contributed by atoms with E-state index in [4.69, 9.17) is 10.4 Å². The van der Waals surface area contributed by atoms with Crippen molar-refractivity contribution in [2.24, 2.45) is 0 Å². The predicted molar refractivity (Wildman–Crippen MR) is 72.8 cm³/mol. The van der Waals surface area contributed by atoms with Crippen LogP contribution in [-0.4, -0.2) is 21.3 Å². The molecule has 0 aliphatic rings. The summed E-state index contributed by atoms with van der Waals surface area (Å²) in [6, 6.07) is 8.92. The predicted octanol–water partition coefficient (Wildman–Crippen LogP) is 0.322. The average molecular weight is 271 g/mol. The van der Waals surface area contributed by atoms with Gasteiger partial charge >= 0.3 is 5.69 Å². The Balaban J connectivity index is 2.49. The van der Waals surface area contributed by atoms with E-state index in [1.807, 2.05) is 6.07 Å². The van der Waals surface area contributed by atoms with E-state index in [1.165, 1.54) is 10.8 Å². The zero-order chi connectivity index (χ0) is 14.5. The van der Waals surface area contributed by atoms with E-state index in [1.54, 1.807) is 24.3 Å². The van der Waals surface area contributed by atoms with Crippen LogP contribution in [0, 0.1) is 11.3 Å². The minimum atomic E-state index is -0.690. The maximum Gasteiger partial charge on any atom is 0.332 e. The largest absolute Gasteiger partial charge is 0.396 e. The smallest absolute Gasteiger partial charge is 0.332 e. The fourth-order valence-electron chi connectivity index (χ4n) is 1.89. The number of aromatic amines is 1. The zero-order valence-corrected chi connectivity index (χ0v) is 10.7. The summed E-state index contributed by atoms with van der Waals surface area (Å²) in [4.78, 5) is 25.2. The highest BCUT2D eigenvalue weighted by molar-refractivity contribution is 5.37. The van der Waals surface area contributed by atoms with E-state index < -0.39 is 11.2 Å². The number of aromatic nitrogens is 2. The van der Waals surface area contributed by atoms with Crippen LogP contribution < -0.4 is 11.2 Å². The Morgan fingerprint density at radius 3 is 2.85 bits per heavy atom. The highest BCUT2D eigenvalue weighted by atomic mass is 16.3. The number of aliphatic hydroxyl groups is 1. The Morgan fingerprint density at radius 2 is 2.15 bits per heavy atom. The summed E-state index contributed by atoms with van der Waals surface area (Å²) in [6.07, 6.45) is 2.55. The minimum Gasteiger partial charge on any atom is -0.396 e. The Hall–Kier alpha value is -2.65. The highest BCUT2D eigenvalue weighted by Gasteiger charge is 2.06. The lowest BCUT2D eigenvalue weighted by molar-refractivity contribution is 0.288. The number of hydrogen-bond acceptors (Lipinski definition) is 4. The van der Waals surface area contributed by atoms with Crippen molar-refractivity contribution in [1.82, 2.24) is 9.55 Å². The lowest BCUT2D eigenvalue weighted by atomic mass is 10.1. The second-order valence-corrected chi connectivity index (χ2v) is 4.28. The molecule has 1 aromatic carbocycles. The maximum atomic E-state index is 11.8. The Labute approximate surface area is 114 Å². The molecule has 20 heavy (non-hydrogen) atoms. The van der Waals surface area contributed by atoms with E-state index in [2.05, 4.69) is 4.98 Å². The molecule has 0 saturated carbocycles. The van der Waals surface area contributed by atoms with Gasteiger partial charge in [0.05, 0.1) is 5.69 Å². The van der Waals surface area contributed by atoms with Crippen LogP contribution >= 0.6 is 0 Å². The van der Waals surface area contributed by atoms with Gasteiger partial charge in [0.25, 0.3) is 5.56 Å². The minimum absolute atomic E-state index is 0.0986. The second kappa shape index (κ2) is 5.99. The van der Waals surface area contributed by atoms with Crippen molar-refractivity contribution in [3.8, 4) is 11.8 Å². The molecule has 1 heterocycles. The molecule has 2 aromatic rings. The average Bonchev–Trinajstić information content (AvgIpc) is 2.45. The molecule has 6 heteroatoms. The first-order valence-corrected chi connectivity index (χ1v) is 6.12. The van der Waals surface area contributed by atoms with E-state index in [0.717, 1.165) is 5.56 Å². The van der Waals surface area contributed by atoms with Crippen molar-refractivity contribution < 1.29 is 5.11 Å². The van der Waals surface area contributed by atoms with Crippen molar-refractivity contribution in [3.05, 3.63) is 62.4 Å². The van der Waals surface area contributed by atoms with Crippen LogP contribution in [0.25, 0.3) is 5.69 Å². The summed E-state index contributed by atoms with van der Waals surface area (Å²) in [6.45, 7) is 0.0986. The molecule has 2 rings (SSSR count). The number of aryl methyl sites for hydroxylation is 1. The van der Waals surface area contributed by atoms with Crippen LogP contribution in [0.1, 0.15) is 17.5 Å². The Bertz CT molecular complexity index is 768. The van der Waals surface area contributed by atoms with Gasteiger partial charge in [-0.15, -0.1) is 0 Å². The molecule has 0 aliphatic carbocycles. The summed E-state index contributed by atoms with van der Waals surface area (Å²) in [5.74, 6) is 0. The number of nitrogens with one attached hydrogen (secondary N) is 1. The molecule has 0 spiro atoms. The molecule has 0 amide bonds. The SMILES string of the molecule is N#Cc1cn(-c2cccc(CCCO)c2)c(=O)[nH]c1=O. The molecule has 0 atom stereocenters. The molecule has 1 aromatic heterocycles. The lowest BCUT2D eigenvalue weighted by Gasteiger charge is -2.07. The molecule has 2 N–H and O–H groups in total. The van der Waals surface area contributed by atoms with E-state index in [9.17, 15) is 9.59 Å². The van der Waals surface area contributed by atoms with E-state index >= 15 is 0 Å². The number of aliphatic hydroxyl groups excluding tert-OH is 1. The molecular formula is C14H13N3O3. The number of nitriles is 1. The van der Waals surface area contributed by atoms with Crippen LogP contribution in [0.15, 0.2) is 40.1 Å². The lowest BCUT2D eigenvalue weighted by Crippen LogP contribution is -2.30. The van der Waals surface area contributed by atoms with Gasteiger partial charge in [0.1, 0.15) is 11.6 Å². The monoisotopic (exact) mass is 271 g/mol. The molecule has 0 saturated heterocycles. The third-order valence-electron chi connectivity index (χ3n) is 2.87. The second-order valence-electron chi connectivity index (χ2n) is 4.28.